The van der Waals surface area contributed by atoms with Crippen LogP contribution in [0, 0.1) is 47.3 Å². The lowest BCUT2D eigenvalue weighted by molar-refractivity contribution is 0.109. The molecule has 0 saturated heterocycles. The first-order valence-corrected chi connectivity index (χ1v) is 13.6. The van der Waals surface area contributed by atoms with Crippen molar-refractivity contribution in [2.24, 2.45) is 47.3 Å². The lowest BCUT2D eigenvalue weighted by atomic mass is 9.65. The largest absolute Gasteiger partial charge is 0.0651 e. The Bertz CT molecular complexity index is 398. The van der Waals surface area contributed by atoms with E-state index in [-0.39, 0.29) is 0 Å². The zero-order chi connectivity index (χ0) is 19.9. The Morgan fingerprint density at radius 2 is 1.04 bits per heavy atom. The molecule has 0 amide bonds. The molecule has 164 valence electrons. The van der Waals surface area contributed by atoms with Crippen molar-refractivity contribution in [3.8, 4) is 0 Å². The molecule has 0 aliphatic heterocycles. The van der Waals surface area contributed by atoms with Gasteiger partial charge < -0.3 is 0 Å². The average Bonchev–Trinajstić information content (AvgIpc) is 2.74. The third kappa shape index (κ3) is 6.50. The minimum Gasteiger partial charge on any atom is -0.0651 e. The first-order chi connectivity index (χ1) is 13.6. The molecule has 1 unspecified atom stereocenters. The molecule has 3 rings (SSSR count). The molecule has 0 nitrogen and oxygen atoms in total. The fraction of sp³-hybridized carbons (Fsp3) is 1.00. The summed E-state index contributed by atoms with van der Waals surface area (Å²) in [7, 11) is 0. The highest BCUT2D eigenvalue weighted by Crippen LogP contribution is 2.45. The summed E-state index contributed by atoms with van der Waals surface area (Å²) in [5.74, 6) is 8.35. The van der Waals surface area contributed by atoms with Gasteiger partial charge in [-0.3, -0.25) is 0 Å². The molecule has 0 aromatic rings. The molecule has 3 aliphatic rings. The van der Waals surface area contributed by atoms with E-state index in [1.165, 1.54) is 44.9 Å². The Balaban J connectivity index is 1.34. The van der Waals surface area contributed by atoms with Gasteiger partial charge in [-0.15, -0.1) is 0 Å². The van der Waals surface area contributed by atoms with Crippen molar-refractivity contribution in [1.29, 1.82) is 0 Å². The Hall–Kier alpha value is 0. The van der Waals surface area contributed by atoms with Gasteiger partial charge >= 0.3 is 0 Å². The highest BCUT2D eigenvalue weighted by atomic mass is 14.4. The predicted molar refractivity (Wildman–Crippen MR) is 124 cm³/mol. The van der Waals surface area contributed by atoms with Crippen molar-refractivity contribution in [1.82, 2.24) is 0 Å². The van der Waals surface area contributed by atoms with Crippen LogP contribution in [-0.2, 0) is 0 Å². The van der Waals surface area contributed by atoms with Crippen molar-refractivity contribution in [2.75, 3.05) is 0 Å². The van der Waals surface area contributed by atoms with Gasteiger partial charge in [-0.25, -0.2) is 0 Å². The lowest BCUT2D eigenvalue weighted by Crippen LogP contribution is -2.29. The molecule has 0 spiro atoms. The van der Waals surface area contributed by atoms with Crippen LogP contribution in [0.1, 0.15) is 130 Å². The summed E-state index contributed by atoms with van der Waals surface area (Å²) in [6.45, 7) is 9.89. The highest BCUT2D eigenvalue weighted by molar-refractivity contribution is 4.84. The third-order valence-corrected chi connectivity index (χ3v) is 9.89. The smallest absolute Gasteiger partial charge is 0.0386 e. The second-order valence-electron chi connectivity index (χ2n) is 11.7. The molecule has 3 aliphatic carbocycles. The summed E-state index contributed by atoms with van der Waals surface area (Å²) < 4.78 is 0. The highest BCUT2D eigenvalue weighted by Gasteiger charge is 2.33. The number of rotatable bonds is 8. The maximum atomic E-state index is 2.64. The monoisotopic (exact) mass is 388 g/mol. The normalized spacial score (nSPS) is 38.5. The Morgan fingerprint density at radius 1 is 0.607 bits per heavy atom. The zero-order valence-corrected chi connectivity index (χ0v) is 19.9. The van der Waals surface area contributed by atoms with Gasteiger partial charge in [0, 0.05) is 0 Å². The molecule has 0 radical (unpaired) electrons. The molecule has 3 saturated carbocycles. The van der Waals surface area contributed by atoms with Gasteiger partial charge in [0.2, 0.25) is 0 Å². The summed E-state index contributed by atoms with van der Waals surface area (Å²) in [5.41, 5.74) is 0. The van der Waals surface area contributed by atoms with Crippen LogP contribution in [0.5, 0.6) is 0 Å². The quantitative estimate of drug-likeness (QED) is 0.388. The SMILES string of the molecule is CCC(CC)CC1CCC(C(C)C2CCC(CC3CCC(C)CC3)CC2)CC1. The van der Waals surface area contributed by atoms with Gasteiger partial charge in [0.1, 0.15) is 0 Å². The zero-order valence-electron chi connectivity index (χ0n) is 19.9. The first kappa shape index (κ1) is 22.7. The number of hydrogen-bond donors (Lipinski definition) is 0. The standard InChI is InChI=1S/C28H52/c1-5-23(6-2)19-25-11-15-27(16-12-25)22(4)28-17-13-26(14-18-28)20-24-9-7-21(3)8-10-24/h21-28H,5-20H2,1-4H3. The van der Waals surface area contributed by atoms with Crippen LogP contribution < -0.4 is 0 Å². The van der Waals surface area contributed by atoms with E-state index in [1.54, 1.807) is 57.8 Å². The Kier molecular flexibility index (Phi) is 9.24. The molecular weight excluding hydrogens is 336 g/mol. The van der Waals surface area contributed by atoms with Crippen molar-refractivity contribution >= 4 is 0 Å². The third-order valence-electron chi connectivity index (χ3n) is 9.89. The molecule has 0 N–H and O–H groups in total. The van der Waals surface area contributed by atoms with Crippen LogP contribution in [0.15, 0.2) is 0 Å². The fourth-order valence-corrected chi connectivity index (χ4v) is 7.41. The molecule has 1 atom stereocenters. The summed E-state index contributed by atoms with van der Waals surface area (Å²) in [5, 5.41) is 0. The molecule has 3 fully saturated rings. The van der Waals surface area contributed by atoms with Crippen LogP contribution in [0.25, 0.3) is 0 Å². The Morgan fingerprint density at radius 3 is 1.50 bits per heavy atom. The first-order valence-electron chi connectivity index (χ1n) is 13.6. The summed E-state index contributed by atoms with van der Waals surface area (Å²) in [6.07, 6.45) is 24.4. The molecule has 0 bridgehead atoms. The maximum absolute atomic E-state index is 2.64. The lowest BCUT2D eigenvalue weighted by Gasteiger charge is -2.40. The van der Waals surface area contributed by atoms with Crippen LogP contribution in [0.4, 0.5) is 0 Å². The van der Waals surface area contributed by atoms with E-state index in [9.17, 15) is 0 Å². The van der Waals surface area contributed by atoms with Gasteiger partial charge in [0.05, 0.1) is 0 Å². The van der Waals surface area contributed by atoms with Gasteiger partial charge in [0.25, 0.3) is 0 Å². The number of hydrogen-bond acceptors (Lipinski definition) is 0. The molecule has 0 heterocycles. The molecule has 28 heavy (non-hydrogen) atoms. The fourth-order valence-electron chi connectivity index (χ4n) is 7.41. The van der Waals surface area contributed by atoms with E-state index in [1.807, 2.05) is 0 Å². The minimum atomic E-state index is 1.00. The van der Waals surface area contributed by atoms with Crippen LogP contribution in [0.3, 0.4) is 0 Å². The van der Waals surface area contributed by atoms with Crippen molar-refractivity contribution in [2.45, 2.75) is 130 Å². The van der Waals surface area contributed by atoms with Gasteiger partial charge in [-0.05, 0) is 85.9 Å². The van der Waals surface area contributed by atoms with E-state index in [2.05, 4.69) is 27.7 Å². The molecular formula is C28H52. The predicted octanol–water partition coefficient (Wildman–Crippen LogP) is 9.28. The average molecular weight is 389 g/mol. The minimum absolute atomic E-state index is 1.00. The van der Waals surface area contributed by atoms with E-state index in [0.29, 0.717) is 0 Å². The maximum Gasteiger partial charge on any atom is -0.0386 e. The van der Waals surface area contributed by atoms with Gasteiger partial charge in [0.15, 0.2) is 0 Å². The van der Waals surface area contributed by atoms with Crippen molar-refractivity contribution in [3.63, 3.8) is 0 Å². The van der Waals surface area contributed by atoms with E-state index < -0.39 is 0 Å². The summed E-state index contributed by atoms with van der Waals surface area (Å²) in [6, 6.07) is 0. The second kappa shape index (κ2) is 11.4. The van der Waals surface area contributed by atoms with Crippen molar-refractivity contribution < 1.29 is 0 Å². The van der Waals surface area contributed by atoms with Crippen LogP contribution in [-0.4, -0.2) is 0 Å². The van der Waals surface area contributed by atoms with Gasteiger partial charge in [-0.2, -0.15) is 0 Å². The van der Waals surface area contributed by atoms with Gasteiger partial charge in [-0.1, -0.05) is 91.9 Å². The summed E-state index contributed by atoms with van der Waals surface area (Å²) in [4.78, 5) is 0. The van der Waals surface area contributed by atoms with E-state index in [4.69, 9.17) is 0 Å². The second-order valence-corrected chi connectivity index (χ2v) is 11.7. The Labute approximate surface area is 178 Å². The summed E-state index contributed by atoms with van der Waals surface area (Å²) >= 11 is 0. The van der Waals surface area contributed by atoms with Crippen LogP contribution >= 0.6 is 0 Å². The van der Waals surface area contributed by atoms with E-state index in [0.717, 1.165) is 47.3 Å². The topological polar surface area (TPSA) is 0 Å². The molecule has 0 aromatic carbocycles. The van der Waals surface area contributed by atoms with E-state index >= 15 is 0 Å². The molecule has 0 heteroatoms. The molecule has 0 aromatic heterocycles. The van der Waals surface area contributed by atoms with Crippen molar-refractivity contribution in [3.05, 3.63) is 0 Å². The van der Waals surface area contributed by atoms with Crippen LogP contribution in [0.2, 0.25) is 0 Å².